The largest absolute Gasteiger partial charge is 0.573 e. The van der Waals surface area contributed by atoms with Gasteiger partial charge in [0, 0.05) is 43.7 Å². The molecule has 0 aromatic heterocycles. The van der Waals surface area contributed by atoms with Crippen molar-refractivity contribution < 1.29 is 50.5 Å². The summed E-state index contributed by atoms with van der Waals surface area (Å²) < 4.78 is 84.5. The van der Waals surface area contributed by atoms with Gasteiger partial charge in [0.15, 0.2) is 21.4 Å². The van der Waals surface area contributed by atoms with E-state index < -0.39 is 68.4 Å². The summed E-state index contributed by atoms with van der Waals surface area (Å²) in [6, 6.07) is 12.7. The van der Waals surface area contributed by atoms with E-state index in [4.69, 9.17) is 21.1 Å². The van der Waals surface area contributed by atoms with Gasteiger partial charge >= 0.3 is 6.36 Å². The van der Waals surface area contributed by atoms with Crippen LogP contribution >= 0.6 is 11.6 Å². The third kappa shape index (κ3) is 6.84. The molecule has 0 fully saturated rings. The van der Waals surface area contributed by atoms with Crippen molar-refractivity contribution in [1.29, 1.82) is 0 Å². The molecule has 260 valence electrons. The number of fused-ring (bicyclic) bond motifs is 1. The molecule has 1 aliphatic carbocycles. The number of amides is 1. The number of ketones is 1. The highest BCUT2D eigenvalue weighted by Gasteiger charge is 2.55. The molecule has 4 rings (SSSR count). The van der Waals surface area contributed by atoms with Crippen molar-refractivity contribution in [2.45, 2.75) is 47.9 Å². The molecule has 0 aliphatic heterocycles. The lowest BCUT2D eigenvalue weighted by atomic mass is 9.74. The van der Waals surface area contributed by atoms with Crippen molar-refractivity contribution in [2.24, 2.45) is 0 Å². The maximum atomic E-state index is 14.9. The van der Waals surface area contributed by atoms with Crippen molar-refractivity contribution in [3.63, 3.8) is 0 Å². The van der Waals surface area contributed by atoms with Crippen LogP contribution < -0.4 is 14.2 Å². The van der Waals surface area contributed by atoms with E-state index in [1.54, 1.807) is 31.2 Å². The van der Waals surface area contributed by atoms with Crippen molar-refractivity contribution >= 4 is 33.1 Å². The molecule has 0 saturated carbocycles. The predicted molar refractivity (Wildman–Crippen MR) is 171 cm³/mol. The molecule has 15 heteroatoms. The Bertz CT molecular complexity index is 1790. The lowest BCUT2D eigenvalue weighted by Crippen LogP contribution is -2.60. The smallest absolute Gasteiger partial charge is 0.497 e. The van der Waals surface area contributed by atoms with Crippen LogP contribution in [0.3, 0.4) is 0 Å². The summed E-state index contributed by atoms with van der Waals surface area (Å²) in [6.07, 6.45) is -6.00. The average molecular weight is 713 g/mol. The highest BCUT2D eigenvalue weighted by molar-refractivity contribution is 7.91. The fourth-order valence-electron chi connectivity index (χ4n) is 6.38. The van der Waals surface area contributed by atoms with Crippen LogP contribution in [0.1, 0.15) is 41.7 Å². The highest BCUT2D eigenvalue weighted by Crippen LogP contribution is 2.52. The van der Waals surface area contributed by atoms with Gasteiger partial charge in [0.2, 0.25) is 5.91 Å². The summed E-state index contributed by atoms with van der Waals surface area (Å²) in [6.45, 7) is 0.830. The molecule has 0 bridgehead atoms. The molecule has 3 aromatic carbocycles. The third-order valence-electron chi connectivity index (χ3n) is 8.38. The summed E-state index contributed by atoms with van der Waals surface area (Å²) in [5, 5.41) is 8.87. The number of halogens is 4. The SMILES string of the molecule is COc1ccc(S(=O)(=O)C2CCC(=O)C(c3ccccc3OC)(N(CCO)[C@@H](C)C(=O)N(C)C)c3cc(Cl)ccc32)c(OC(F)(F)F)c1. The number of sulfone groups is 1. The van der Waals surface area contributed by atoms with Crippen LogP contribution in [0, 0.1) is 0 Å². The van der Waals surface area contributed by atoms with Gasteiger partial charge in [0.1, 0.15) is 21.9 Å². The normalized spacial score (nSPS) is 18.9. The number of nitrogens with zero attached hydrogens (tertiary/aromatic N) is 2. The number of carbonyl (C=O) groups excluding carboxylic acids is 2. The van der Waals surface area contributed by atoms with Crippen LogP contribution in [0.2, 0.25) is 5.02 Å². The van der Waals surface area contributed by atoms with Gasteiger partial charge < -0.3 is 24.2 Å². The van der Waals surface area contributed by atoms with Gasteiger partial charge in [0.25, 0.3) is 0 Å². The Labute approximate surface area is 281 Å². The Hall–Kier alpha value is -3.85. The number of aliphatic hydroxyl groups is 1. The van der Waals surface area contributed by atoms with E-state index in [2.05, 4.69) is 4.74 Å². The fraction of sp³-hybridized carbons (Fsp3) is 0.394. The van der Waals surface area contributed by atoms with Gasteiger partial charge in [-0.05, 0) is 54.8 Å². The van der Waals surface area contributed by atoms with E-state index in [1.807, 2.05) is 0 Å². The van der Waals surface area contributed by atoms with E-state index in [0.29, 0.717) is 0 Å². The van der Waals surface area contributed by atoms with E-state index in [1.165, 1.54) is 62.4 Å². The van der Waals surface area contributed by atoms with Gasteiger partial charge in [-0.3, -0.25) is 14.5 Å². The van der Waals surface area contributed by atoms with Crippen LogP contribution in [0.25, 0.3) is 0 Å². The molecule has 48 heavy (non-hydrogen) atoms. The maximum absolute atomic E-state index is 14.9. The maximum Gasteiger partial charge on any atom is 0.573 e. The second kappa shape index (κ2) is 14.3. The minimum atomic E-state index is -5.24. The number of benzene rings is 3. The van der Waals surface area contributed by atoms with Crippen molar-refractivity contribution in [3.8, 4) is 17.2 Å². The molecule has 1 N–H and O–H groups in total. The number of likely N-dealkylation sites (N-methyl/N-ethyl adjacent to an activating group) is 1. The first kappa shape index (κ1) is 37.0. The number of hydrogen-bond acceptors (Lipinski definition) is 9. The molecule has 0 radical (unpaired) electrons. The number of aliphatic hydroxyl groups excluding tert-OH is 1. The van der Waals surface area contributed by atoms with Crippen LogP contribution in [0.5, 0.6) is 17.2 Å². The number of para-hydroxylation sites is 1. The zero-order valence-corrected chi connectivity index (χ0v) is 28.4. The number of carbonyl (C=O) groups is 2. The number of alkyl halides is 3. The number of Topliss-reactive ketones (excluding diaryl/α,β-unsaturated/α-hetero) is 1. The zero-order valence-electron chi connectivity index (χ0n) is 26.9. The van der Waals surface area contributed by atoms with Crippen molar-refractivity contribution in [1.82, 2.24) is 9.80 Å². The molecule has 10 nitrogen and oxygen atoms in total. The molecule has 3 aromatic rings. The van der Waals surface area contributed by atoms with Gasteiger partial charge in [-0.15, -0.1) is 13.2 Å². The van der Waals surface area contributed by atoms with Gasteiger partial charge in [0.05, 0.1) is 32.1 Å². The highest BCUT2D eigenvalue weighted by atomic mass is 35.5. The van der Waals surface area contributed by atoms with E-state index in [-0.39, 0.29) is 46.2 Å². The molecule has 0 saturated heterocycles. The molecule has 3 atom stereocenters. The Morgan fingerprint density at radius 3 is 2.33 bits per heavy atom. The number of hydrogen-bond donors (Lipinski definition) is 1. The fourth-order valence-corrected chi connectivity index (χ4v) is 8.46. The van der Waals surface area contributed by atoms with E-state index >= 15 is 0 Å². The first-order valence-electron chi connectivity index (χ1n) is 14.8. The first-order valence-corrected chi connectivity index (χ1v) is 16.7. The zero-order chi connectivity index (χ0) is 35.6. The summed E-state index contributed by atoms with van der Waals surface area (Å²) in [5.41, 5.74) is -1.60. The van der Waals surface area contributed by atoms with E-state index in [0.717, 1.165) is 12.1 Å². The lowest BCUT2D eigenvalue weighted by Gasteiger charge is -2.47. The Balaban J connectivity index is 2.13. The summed E-state index contributed by atoms with van der Waals surface area (Å²) >= 11 is 6.56. The molecule has 0 spiro atoms. The lowest BCUT2D eigenvalue weighted by molar-refractivity contribution is -0.275. The quantitative estimate of drug-likeness (QED) is 0.269. The topological polar surface area (TPSA) is 123 Å². The molecule has 2 unspecified atom stereocenters. The number of ether oxygens (including phenoxy) is 3. The van der Waals surface area contributed by atoms with Crippen LogP contribution in [-0.4, -0.2) is 88.9 Å². The number of methoxy groups -OCH3 is 2. The van der Waals surface area contributed by atoms with Gasteiger partial charge in [-0.25, -0.2) is 8.42 Å². The average Bonchev–Trinajstić information content (AvgIpc) is 3.16. The summed E-state index contributed by atoms with van der Waals surface area (Å²) in [5.74, 6) is -1.83. The Morgan fingerprint density at radius 2 is 1.73 bits per heavy atom. The van der Waals surface area contributed by atoms with Gasteiger partial charge in [-0.2, -0.15) is 0 Å². The molecule has 1 amide bonds. The number of rotatable bonds is 11. The monoisotopic (exact) mass is 712 g/mol. The van der Waals surface area contributed by atoms with E-state index in [9.17, 15) is 36.3 Å². The summed E-state index contributed by atoms with van der Waals surface area (Å²) in [7, 11) is 0.902. The third-order valence-corrected chi connectivity index (χ3v) is 10.8. The molecule has 1 aliphatic rings. The molecular weight excluding hydrogens is 677 g/mol. The van der Waals surface area contributed by atoms with Crippen LogP contribution in [0.15, 0.2) is 65.6 Å². The standard InChI is InChI=1S/C33H36ClF3N2O8S/c1-20(31(42)38(2)3)39(16-17-40)32(24-8-6-7-9-26(24)46-5)25-18-21(34)10-12-23(25)28(14-15-30(32)41)48(43,44)29-13-11-22(45-4)19-27(29)47-33(35,36)37/h6-13,18-20,28,40H,14-17H2,1-5H3/t20-,28?,32?/m0/s1. The molecular formula is C33H36ClF3N2O8S. The molecule has 0 heterocycles. The van der Waals surface area contributed by atoms with Gasteiger partial charge in [-0.1, -0.05) is 35.9 Å². The first-order chi connectivity index (χ1) is 22.5. The van der Waals surface area contributed by atoms with Crippen molar-refractivity contribution in [3.05, 3.63) is 82.4 Å². The minimum absolute atomic E-state index is 0.0531. The second-order valence-corrected chi connectivity index (χ2v) is 13.9. The van der Waals surface area contributed by atoms with Crippen LogP contribution in [0.4, 0.5) is 13.2 Å². The summed E-state index contributed by atoms with van der Waals surface area (Å²) in [4.78, 5) is 30.5. The predicted octanol–water partition coefficient (Wildman–Crippen LogP) is 5.15. The minimum Gasteiger partial charge on any atom is -0.497 e. The Morgan fingerprint density at radius 1 is 1.04 bits per heavy atom. The Kier molecular flexibility index (Phi) is 11.0. The van der Waals surface area contributed by atoms with Crippen molar-refractivity contribution in [2.75, 3.05) is 41.5 Å². The second-order valence-electron chi connectivity index (χ2n) is 11.3. The van der Waals surface area contributed by atoms with Crippen LogP contribution in [-0.2, 0) is 25.0 Å².